The number of hydrogen-bond acceptors (Lipinski definition) is 4. The molecule has 32 heavy (non-hydrogen) atoms. The largest absolute Gasteiger partial charge is 0.484 e. The molecule has 1 unspecified atom stereocenters. The van der Waals surface area contributed by atoms with Crippen LogP contribution in [0, 0.1) is 3.57 Å². The maximum absolute atomic E-state index is 12.4. The lowest BCUT2D eigenvalue weighted by Crippen LogP contribution is -2.20. The van der Waals surface area contributed by atoms with E-state index in [9.17, 15) is 4.79 Å². The first kappa shape index (κ1) is 22.6. The third-order valence-corrected chi connectivity index (χ3v) is 6.26. The van der Waals surface area contributed by atoms with Gasteiger partial charge in [0.2, 0.25) is 5.89 Å². The zero-order valence-corrected chi connectivity index (χ0v) is 20.6. The summed E-state index contributed by atoms with van der Waals surface area (Å²) in [5.41, 5.74) is 3.86. The number of fused-ring (bicyclic) bond motifs is 1. The summed E-state index contributed by atoms with van der Waals surface area (Å²) in [7, 11) is 0. The van der Waals surface area contributed by atoms with Gasteiger partial charge in [-0.15, -0.1) is 0 Å². The highest BCUT2D eigenvalue weighted by molar-refractivity contribution is 14.1. The second kappa shape index (κ2) is 9.92. The molecule has 0 saturated heterocycles. The van der Waals surface area contributed by atoms with Crippen LogP contribution in [0.5, 0.6) is 5.75 Å². The highest BCUT2D eigenvalue weighted by Crippen LogP contribution is 2.32. The molecule has 4 aromatic rings. The number of carbonyl (C=O) groups excluding carboxylic acids is 1. The molecule has 3 aromatic carbocycles. The number of halogens is 2. The fourth-order valence-electron chi connectivity index (χ4n) is 3.26. The summed E-state index contributed by atoms with van der Waals surface area (Å²) in [6, 6.07) is 18.8. The molecule has 1 N–H and O–H groups in total. The second-order valence-electron chi connectivity index (χ2n) is 7.54. The predicted molar refractivity (Wildman–Crippen MR) is 136 cm³/mol. The van der Waals surface area contributed by atoms with E-state index in [2.05, 4.69) is 46.7 Å². The fourth-order valence-corrected chi connectivity index (χ4v) is 3.95. The Labute approximate surface area is 205 Å². The number of amides is 1. The SMILES string of the molecule is CCC(C)c1ccc(OCC(=O)Nc2ccc3oc(-c4cc(I)ccc4Cl)nc3c2)cc1. The van der Waals surface area contributed by atoms with Gasteiger partial charge in [-0.05, 0) is 89.0 Å². The maximum atomic E-state index is 12.4. The molecule has 0 aliphatic rings. The van der Waals surface area contributed by atoms with Crippen LogP contribution >= 0.6 is 34.2 Å². The molecule has 0 bridgehead atoms. The Kier molecular flexibility index (Phi) is 7.01. The molecule has 1 atom stereocenters. The molecule has 0 saturated carbocycles. The molecule has 0 aliphatic heterocycles. The number of carbonyl (C=O) groups is 1. The first-order valence-corrected chi connectivity index (χ1v) is 11.8. The molecule has 1 aromatic heterocycles. The third kappa shape index (κ3) is 5.24. The number of nitrogens with one attached hydrogen (secondary N) is 1. The van der Waals surface area contributed by atoms with Gasteiger partial charge >= 0.3 is 0 Å². The molecule has 164 valence electrons. The van der Waals surface area contributed by atoms with Crippen molar-refractivity contribution >= 4 is 56.9 Å². The normalized spacial score (nSPS) is 12.0. The molecule has 1 amide bonds. The van der Waals surface area contributed by atoms with Crippen LogP contribution in [-0.4, -0.2) is 17.5 Å². The van der Waals surface area contributed by atoms with E-state index in [-0.39, 0.29) is 12.5 Å². The molecule has 0 spiro atoms. The molecule has 0 aliphatic carbocycles. The lowest BCUT2D eigenvalue weighted by molar-refractivity contribution is -0.118. The number of anilines is 1. The van der Waals surface area contributed by atoms with Crippen LogP contribution < -0.4 is 10.1 Å². The van der Waals surface area contributed by atoms with Gasteiger partial charge in [0.05, 0.1) is 10.6 Å². The Morgan fingerprint density at radius 3 is 2.69 bits per heavy atom. The van der Waals surface area contributed by atoms with Gasteiger partial charge in [0.15, 0.2) is 12.2 Å². The van der Waals surface area contributed by atoms with Crippen molar-refractivity contribution in [3.05, 3.63) is 74.8 Å². The summed E-state index contributed by atoms with van der Waals surface area (Å²) in [6.45, 7) is 4.27. The summed E-state index contributed by atoms with van der Waals surface area (Å²) >= 11 is 8.52. The first-order chi connectivity index (χ1) is 15.4. The van der Waals surface area contributed by atoms with Gasteiger partial charge in [-0.25, -0.2) is 4.98 Å². The Hall–Kier alpha value is -2.58. The van der Waals surface area contributed by atoms with Gasteiger partial charge < -0.3 is 14.5 Å². The van der Waals surface area contributed by atoms with Crippen LogP contribution in [0.2, 0.25) is 5.02 Å². The summed E-state index contributed by atoms with van der Waals surface area (Å²) < 4.78 is 12.5. The van der Waals surface area contributed by atoms with Crippen LogP contribution in [0.15, 0.2) is 65.1 Å². The topological polar surface area (TPSA) is 64.4 Å². The summed E-state index contributed by atoms with van der Waals surface area (Å²) in [5, 5.41) is 3.41. The minimum Gasteiger partial charge on any atom is -0.484 e. The standard InChI is InChI=1S/C25H22ClIN2O3/c1-3-15(2)16-4-8-19(9-5-16)31-14-24(30)28-18-7-11-23-22(13-18)29-25(32-23)20-12-17(27)6-10-21(20)26/h4-13,15H,3,14H2,1-2H3,(H,28,30). The van der Waals surface area contributed by atoms with E-state index in [1.807, 2.05) is 42.5 Å². The minimum absolute atomic E-state index is 0.0805. The molecular formula is C25H22ClIN2O3. The van der Waals surface area contributed by atoms with E-state index in [1.54, 1.807) is 18.2 Å². The van der Waals surface area contributed by atoms with Crippen molar-refractivity contribution in [1.82, 2.24) is 4.98 Å². The van der Waals surface area contributed by atoms with Gasteiger partial charge in [-0.2, -0.15) is 0 Å². The van der Waals surface area contributed by atoms with E-state index in [1.165, 1.54) is 5.56 Å². The summed E-state index contributed by atoms with van der Waals surface area (Å²) in [4.78, 5) is 16.9. The molecule has 7 heteroatoms. The smallest absolute Gasteiger partial charge is 0.262 e. The van der Waals surface area contributed by atoms with Crippen molar-refractivity contribution in [2.24, 2.45) is 0 Å². The number of ether oxygens (including phenoxy) is 1. The van der Waals surface area contributed by atoms with Crippen molar-refractivity contribution < 1.29 is 13.9 Å². The Bertz CT molecular complexity index is 1250. The van der Waals surface area contributed by atoms with E-state index in [0.717, 1.165) is 15.6 Å². The maximum Gasteiger partial charge on any atom is 0.262 e. The second-order valence-corrected chi connectivity index (χ2v) is 9.19. The lowest BCUT2D eigenvalue weighted by atomic mass is 9.99. The average Bonchev–Trinajstić information content (AvgIpc) is 3.22. The number of nitrogens with zero attached hydrogens (tertiary/aromatic N) is 1. The monoisotopic (exact) mass is 560 g/mol. The zero-order valence-electron chi connectivity index (χ0n) is 17.7. The lowest BCUT2D eigenvalue weighted by Gasteiger charge is -2.11. The fraction of sp³-hybridized carbons (Fsp3) is 0.200. The Morgan fingerprint density at radius 2 is 1.94 bits per heavy atom. The van der Waals surface area contributed by atoms with Gasteiger partial charge in [0.1, 0.15) is 11.3 Å². The van der Waals surface area contributed by atoms with Crippen molar-refractivity contribution in [3.63, 3.8) is 0 Å². The molecule has 4 rings (SSSR count). The summed E-state index contributed by atoms with van der Waals surface area (Å²) in [5.74, 6) is 1.36. The number of oxazole rings is 1. The first-order valence-electron chi connectivity index (χ1n) is 10.3. The number of aromatic nitrogens is 1. The van der Waals surface area contributed by atoms with Gasteiger partial charge in [0.25, 0.3) is 5.91 Å². The highest BCUT2D eigenvalue weighted by Gasteiger charge is 2.13. The number of rotatable bonds is 7. The van der Waals surface area contributed by atoms with Crippen LogP contribution in [0.25, 0.3) is 22.6 Å². The van der Waals surface area contributed by atoms with E-state index in [4.69, 9.17) is 20.8 Å². The number of benzene rings is 3. The van der Waals surface area contributed by atoms with E-state index < -0.39 is 0 Å². The molecular weight excluding hydrogens is 539 g/mol. The van der Waals surface area contributed by atoms with Gasteiger partial charge in [-0.1, -0.05) is 37.6 Å². The van der Waals surface area contributed by atoms with Crippen molar-refractivity contribution in [2.75, 3.05) is 11.9 Å². The van der Waals surface area contributed by atoms with Crippen LogP contribution in [0.1, 0.15) is 31.7 Å². The van der Waals surface area contributed by atoms with Gasteiger partial charge in [-0.3, -0.25) is 4.79 Å². The van der Waals surface area contributed by atoms with Crippen LogP contribution in [0.4, 0.5) is 5.69 Å². The Morgan fingerprint density at radius 1 is 1.16 bits per heavy atom. The minimum atomic E-state index is -0.250. The van der Waals surface area contributed by atoms with E-state index in [0.29, 0.717) is 39.4 Å². The Balaban J connectivity index is 1.41. The molecule has 5 nitrogen and oxygen atoms in total. The molecule has 1 heterocycles. The van der Waals surface area contributed by atoms with Gasteiger partial charge in [0, 0.05) is 9.26 Å². The highest BCUT2D eigenvalue weighted by atomic mass is 127. The molecule has 0 fully saturated rings. The van der Waals surface area contributed by atoms with Crippen molar-refractivity contribution in [1.29, 1.82) is 0 Å². The zero-order chi connectivity index (χ0) is 22.7. The number of hydrogen-bond donors (Lipinski definition) is 1. The van der Waals surface area contributed by atoms with Crippen LogP contribution in [-0.2, 0) is 4.79 Å². The molecule has 0 radical (unpaired) electrons. The van der Waals surface area contributed by atoms with Crippen molar-refractivity contribution in [2.45, 2.75) is 26.2 Å². The quantitative estimate of drug-likeness (QED) is 0.241. The average molecular weight is 561 g/mol. The summed E-state index contributed by atoms with van der Waals surface area (Å²) in [6.07, 6.45) is 1.08. The van der Waals surface area contributed by atoms with E-state index >= 15 is 0 Å². The van der Waals surface area contributed by atoms with Crippen LogP contribution in [0.3, 0.4) is 0 Å². The predicted octanol–water partition coefficient (Wildman–Crippen LogP) is 7.28. The van der Waals surface area contributed by atoms with Crippen molar-refractivity contribution in [3.8, 4) is 17.2 Å². The third-order valence-electron chi connectivity index (χ3n) is 5.26.